The van der Waals surface area contributed by atoms with E-state index in [1.165, 1.54) is 0 Å². The van der Waals surface area contributed by atoms with Gasteiger partial charge in [0.1, 0.15) is 0 Å². The molecule has 0 radical (unpaired) electrons. The Hall–Kier alpha value is -3.28. The number of benzene rings is 3. The zero-order valence-electron chi connectivity index (χ0n) is 23.7. The number of carboxylic acids is 1. The van der Waals surface area contributed by atoms with Gasteiger partial charge in [-0.05, 0) is 59.7 Å². The van der Waals surface area contributed by atoms with E-state index in [2.05, 4.69) is 10.0 Å². The number of carbonyl (C=O) groups excluding carboxylic acids is 2. The molecule has 1 fully saturated rings. The minimum atomic E-state index is -2.54. The van der Waals surface area contributed by atoms with Crippen LogP contribution in [0.25, 0.3) is 0 Å². The van der Waals surface area contributed by atoms with Gasteiger partial charge in [0, 0.05) is 45.5 Å². The molecule has 2 amide bonds. The molecule has 5 atom stereocenters. The lowest BCUT2D eigenvalue weighted by atomic mass is 9.76. The van der Waals surface area contributed by atoms with Crippen molar-refractivity contribution in [3.05, 3.63) is 105 Å². The Morgan fingerprint density at radius 3 is 2.39 bits per heavy atom. The standard InChI is InChI=1S/C32H33Cl2N3O6S/c33-21-13-14-24(25(34)18-21)30-29(31(40)35-16-15-19-9-11-20(12-10-19)17-28(38)39)22-5-1-2-6-23(22)32(41)37(30)27-8-4-3-7-26(27)36-44(42)43/h1-2,5-6,9-14,18,26-27,29-30,36H,3-4,7-8,15-17H2,(H,35,40)(H,38,39)(H,42,43)/p-1/t26-,27-,29+,30-/m0/s1. The minimum absolute atomic E-state index is 0.0654. The average Bonchev–Trinajstić information content (AvgIpc) is 2.98. The number of nitrogens with one attached hydrogen (secondary N) is 2. The number of aliphatic carboxylic acids is 1. The maximum Gasteiger partial charge on any atom is 0.307 e. The molecule has 2 aliphatic rings. The van der Waals surface area contributed by atoms with Crippen LogP contribution in [0.2, 0.25) is 10.0 Å². The van der Waals surface area contributed by atoms with E-state index in [4.69, 9.17) is 28.3 Å². The molecule has 1 unspecified atom stereocenters. The van der Waals surface area contributed by atoms with E-state index >= 15 is 0 Å². The molecule has 3 aromatic rings. The first-order chi connectivity index (χ1) is 21.1. The monoisotopic (exact) mass is 656 g/mol. The molecule has 12 heteroatoms. The van der Waals surface area contributed by atoms with Crippen molar-refractivity contribution in [1.82, 2.24) is 14.9 Å². The zero-order chi connectivity index (χ0) is 31.4. The molecule has 3 N–H and O–H groups in total. The van der Waals surface area contributed by atoms with Gasteiger partial charge < -0.3 is 19.9 Å². The summed E-state index contributed by atoms with van der Waals surface area (Å²) in [6, 6.07) is 17.3. The fourth-order valence-corrected chi connectivity index (χ4v) is 7.46. The molecule has 1 aliphatic heterocycles. The van der Waals surface area contributed by atoms with E-state index in [0.29, 0.717) is 58.1 Å². The number of hydrogen-bond donors (Lipinski definition) is 3. The number of carboxylic acid groups (broad SMARTS) is 1. The molecule has 1 heterocycles. The number of halogens is 2. The van der Waals surface area contributed by atoms with Crippen LogP contribution in [-0.4, -0.2) is 55.2 Å². The third-order valence-corrected chi connectivity index (χ3v) is 9.42. The SMILES string of the molecule is O=C(O)Cc1ccc(CCNC(=O)[C@@H]2c3ccccc3C(=O)N([C@H]3CCCC[C@@H]3NS(=O)[O-])[C@H]2c2ccc(Cl)cc2Cl)cc1. The van der Waals surface area contributed by atoms with Gasteiger partial charge >= 0.3 is 5.97 Å². The molecule has 0 aromatic heterocycles. The molecule has 1 aliphatic carbocycles. The zero-order valence-corrected chi connectivity index (χ0v) is 26.0. The third-order valence-electron chi connectivity index (χ3n) is 8.37. The topological polar surface area (TPSA) is 139 Å². The highest BCUT2D eigenvalue weighted by atomic mass is 35.5. The van der Waals surface area contributed by atoms with Crippen molar-refractivity contribution in [2.45, 2.75) is 62.6 Å². The van der Waals surface area contributed by atoms with Crippen LogP contribution >= 0.6 is 23.2 Å². The van der Waals surface area contributed by atoms with Crippen LogP contribution in [0.15, 0.2) is 66.7 Å². The Kier molecular flexibility index (Phi) is 10.4. The summed E-state index contributed by atoms with van der Waals surface area (Å²) in [7, 11) is 0. The molecule has 0 saturated heterocycles. The highest BCUT2D eigenvalue weighted by Crippen LogP contribution is 2.47. The smallest absolute Gasteiger partial charge is 0.307 e. The summed E-state index contributed by atoms with van der Waals surface area (Å²) < 4.78 is 26.1. The van der Waals surface area contributed by atoms with Gasteiger partial charge in [-0.25, -0.2) is 4.72 Å². The van der Waals surface area contributed by atoms with Crippen LogP contribution in [0.3, 0.4) is 0 Å². The lowest BCUT2D eigenvalue weighted by Gasteiger charge is -2.49. The molecule has 232 valence electrons. The number of carbonyl (C=O) groups is 3. The Balaban J connectivity index is 1.51. The molecule has 3 aromatic carbocycles. The Bertz CT molecular complexity index is 1570. The predicted molar refractivity (Wildman–Crippen MR) is 167 cm³/mol. The second kappa shape index (κ2) is 14.2. The molecule has 44 heavy (non-hydrogen) atoms. The van der Waals surface area contributed by atoms with Gasteiger partial charge in [0.2, 0.25) is 5.91 Å². The van der Waals surface area contributed by atoms with Crippen LogP contribution in [-0.2, 0) is 33.7 Å². The van der Waals surface area contributed by atoms with Gasteiger partial charge in [-0.2, -0.15) is 0 Å². The van der Waals surface area contributed by atoms with E-state index in [-0.39, 0.29) is 18.2 Å². The largest absolute Gasteiger partial charge is 0.760 e. The average molecular weight is 658 g/mol. The molecular formula is C32H32Cl2N3O6S-. The lowest BCUT2D eigenvalue weighted by molar-refractivity contribution is -0.136. The van der Waals surface area contributed by atoms with Crippen LogP contribution in [0.4, 0.5) is 0 Å². The molecule has 5 rings (SSSR count). The summed E-state index contributed by atoms with van der Waals surface area (Å²) in [5, 5.41) is 12.8. The van der Waals surface area contributed by atoms with Gasteiger partial charge in [-0.3, -0.25) is 18.6 Å². The van der Waals surface area contributed by atoms with Gasteiger partial charge in [-0.15, -0.1) is 0 Å². The van der Waals surface area contributed by atoms with Crippen LogP contribution in [0, 0.1) is 0 Å². The highest BCUT2D eigenvalue weighted by molar-refractivity contribution is 7.77. The lowest BCUT2D eigenvalue weighted by Crippen LogP contribution is -2.58. The van der Waals surface area contributed by atoms with Gasteiger partial charge in [0.05, 0.1) is 18.4 Å². The van der Waals surface area contributed by atoms with Crippen molar-refractivity contribution in [1.29, 1.82) is 0 Å². The highest BCUT2D eigenvalue weighted by Gasteiger charge is 2.49. The predicted octanol–water partition coefficient (Wildman–Crippen LogP) is 4.96. The van der Waals surface area contributed by atoms with E-state index in [1.54, 1.807) is 59.5 Å². The second-order valence-electron chi connectivity index (χ2n) is 11.1. The Labute approximate surface area is 268 Å². The summed E-state index contributed by atoms with van der Waals surface area (Å²) in [5.74, 6) is -2.35. The first kappa shape index (κ1) is 32.1. The Morgan fingerprint density at radius 2 is 1.68 bits per heavy atom. The molecular weight excluding hydrogens is 625 g/mol. The number of amides is 2. The summed E-state index contributed by atoms with van der Waals surface area (Å²) in [6.45, 7) is 0.299. The third kappa shape index (κ3) is 7.16. The molecule has 1 saturated carbocycles. The van der Waals surface area contributed by atoms with Crippen molar-refractivity contribution in [3.63, 3.8) is 0 Å². The van der Waals surface area contributed by atoms with Crippen molar-refractivity contribution >= 4 is 52.3 Å². The van der Waals surface area contributed by atoms with Crippen LogP contribution < -0.4 is 10.0 Å². The first-order valence-electron chi connectivity index (χ1n) is 14.4. The number of fused-ring (bicyclic) bond motifs is 1. The number of rotatable bonds is 10. The molecule has 0 spiro atoms. The minimum Gasteiger partial charge on any atom is -0.760 e. The van der Waals surface area contributed by atoms with Crippen molar-refractivity contribution < 1.29 is 28.3 Å². The number of nitrogens with zero attached hydrogens (tertiary/aromatic N) is 1. The molecule has 9 nitrogen and oxygen atoms in total. The van der Waals surface area contributed by atoms with Crippen molar-refractivity contribution in [2.75, 3.05) is 6.54 Å². The van der Waals surface area contributed by atoms with E-state index < -0.39 is 41.3 Å². The van der Waals surface area contributed by atoms with Crippen LogP contribution in [0.5, 0.6) is 0 Å². The maximum absolute atomic E-state index is 14.3. The van der Waals surface area contributed by atoms with E-state index in [9.17, 15) is 23.1 Å². The number of hydrogen-bond acceptors (Lipinski definition) is 5. The summed E-state index contributed by atoms with van der Waals surface area (Å²) >= 11 is 10.5. The fourth-order valence-electron chi connectivity index (χ4n) is 6.42. The Morgan fingerprint density at radius 1 is 0.977 bits per heavy atom. The van der Waals surface area contributed by atoms with Crippen molar-refractivity contribution in [2.24, 2.45) is 0 Å². The summed E-state index contributed by atoms with van der Waals surface area (Å²) in [6.07, 6.45) is 3.14. The molecule has 0 bridgehead atoms. The fraction of sp³-hybridized carbons (Fsp3) is 0.344. The van der Waals surface area contributed by atoms with Gasteiger partial charge in [0.25, 0.3) is 5.91 Å². The summed E-state index contributed by atoms with van der Waals surface area (Å²) in [4.78, 5) is 41.1. The van der Waals surface area contributed by atoms with Gasteiger partial charge in [-0.1, -0.05) is 84.6 Å². The first-order valence-corrected chi connectivity index (χ1v) is 16.3. The summed E-state index contributed by atoms with van der Waals surface area (Å²) in [5.41, 5.74) is 3.11. The normalized spacial score (nSPS) is 22.2. The van der Waals surface area contributed by atoms with E-state index in [1.807, 2.05) is 12.1 Å². The van der Waals surface area contributed by atoms with Gasteiger partial charge in [0.15, 0.2) is 0 Å². The van der Waals surface area contributed by atoms with Crippen molar-refractivity contribution in [3.8, 4) is 0 Å². The maximum atomic E-state index is 14.3. The van der Waals surface area contributed by atoms with Crippen LogP contribution in [0.1, 0.15) is 70.3 Å². The van der Waals surface area contributed by atoms with E-state index in [0.717, 1.165) is 18.4 Å². The second-order valence-corrected chi connectivity index (χ2v) is 12.7. The quantitative estimate of drug-likeness (QED) is 0.264.